The van der Waals surface area contributed by atoms with Gasteiger partial charge in [-0.1, -0.05) is 6.58 Å². The molecule has 0 aromatic carbocycles. The summed E-state index contributed by atoms with van der Waals surface area (Å²) in [6.45, 7) is 3.29. The highest BCUT2D eigenvalue weighted by Gasteiger charge is 2.33. The lowest BCUT2D eigenvalue weighted by atomic mass is 10.2. The van der Waals surface area contributed by atoms with Gasteiger partial charge in [0.2, 0.25) is 5.91 Å². The molecule has 0 aromatic heterocycles. The summed E-state index contributed by atoms with van der Waals surface area (Å²) in [5, 5.41) is 21.0. The van der Waals surface area contributed by atoms with Gasteiger partial charge in [0.1, 0.15) is 6.10 Å². The highest BCUT2D eigenvalue weighted by molar-refractivity contribution is 5.87. The van der Waals surface area contributed by atoms with Crippen molar-refractivity contribution in [3.63, 3.8) is 0 Å². The van der Waals surface area contributed by atoms with E-state index in [4.69, 9.17) is 5.11 Å². The summed E-state index contributed by atoms with van der Waals surface area (Å²) in [5.41, 5.74) is 0. The van der Waals surface area contributed by atoms with Gasteiger partial charge in [0.05, 0.1) is 12.1 Å². The zero-order chi connectivity index (χ0) is 9.14. The molecule has 1 rings (SSSR count). The molecule has 0 aliphatic heterocycles. The van der Waals surface area contributed by atoms with Crippen molar-refractivity contribution in [3.05, 3.63) is 12.7 Å². The van der Waals surface area contributed by atoms with Crippen molar-refractivity contribution in [2.24, 2.45) is 0 Å². The van der Waals surface area contributed by atoms with E-state index in [1.54, 1.807) is 0 Å². The molecular weight excluding hydrogens is 158 g/mol. The first-order chi connectivity index (χ1) is 5.65. The molecule has 12 heavy (non-hydrogen) atoms. The molecule has 1 saturated carbocycles. The molecule has 3 N–H and O–H groups in total. The van der Waals surface area contributed by atoms with Gasteiger partial charge in [0.15, 0.2) is 0 Å². The molecule has 0 spiro atoms. The van der Waals surface area contributed by atoms with E-state index in [-0.39, 0.29) is 11.9 Å². The maximum atomic E-state index is 10.8. The molecular formula is C8H13NO3. The van der Waals surface area contributed by atoms with Crippen LogP contribution in [0, 0.1) is 0 Å². The minimum atomic E-state index is -0.839. The lowest BCUT2D eigenvalue weighted by Gasteiger charge is -2.16. The molecule has 1 fully saturated rings. The standard InChI is InChI=1S/C8H13NO3/c1-2-7(11)9-5-3-4-6(10)8(5)12/h2,5-6,8,10,12H,1,3-4H2,(H,9,11)/t5-,6-,8+/m0/s1. The number of carbonyl (C=O) groups excluding carboxylic acids is 1. The molecule has 1 aliphatic rings. The fraction of sp³-hybridized carbons (Fsp3) is 0.625. The molecule has 4 nitrogen and oxygen atoms in total. The largest absolute Gasteiger partial charge is 0.390 e. The fourth-order valence-corrected chi connectivity index (χ4v) is 1.36. The normalized spacial score (nSPS) is 34.7. The van der Waals surface area contributed by atoms with Crippen molar-refractivity contribution in [2.45, 2.75) is 31.1 Å². The summed E-state index contributed by atoms with van der Waals surface area (Å²) in [5.74, 6) is -0.312. The number of hydrogen-bond donors (Lipinski definition) is 3. The number of carbonyl (C=O) groups is 1. The summed E-state index contributed by atoms with van der Waals surface area (Å²) in [4.78, 5) is 10.8. The minimum Gasteiger partial charge on any atom is -0.390 e. The first kappa shape index (κ1) is 9.22. The number of hydrogen-bond acceptors (Lipinski definition) is 3. The second-order valence-corrected chi connectivity index (χ2v) is 2.95. The lowest BCUT2D eigenvalue weighted by Crippen LogP contribution is -2.42. The van der Waals surface area contributed by atoms with Crippen molar-refractivity contribution in [3.8, 4) is 0 Å². The molecule has 1 amide bonds. The van der Waals surface area contributed by atoms with Crippen LogP contribution in [0.1, 0.15) is 12.8 Å². The topological polar surface area (TPSA) is 69.6 Å². The Labute approximate surface area is 70.9 Å². The predicted octanol–water partition coefficient (Wildman–Crippen LogP) is -0.827. The van der Waals surface area contributed by atoms with Gasteiger partial charge in [0.25, 0.3) is 0 Å². The summed E-state index contributed by atoms with van der Waals surface area (Å²) >= 11 is 0. The van der Waals surface area contributed by atoms with E-state index < -0.39 is 12.2 Å². The Bertz CT molecular complexity index is 193. The zero-order valence-corrected chi connectivity index (χ0v) is 6.73. The Morgan fingerprint density at radius 2 is 2.17 bits per heavy atom. The highest BCUT2D eigenvalue weighted by atomic mass is 16.3. The van der Waals surface area contributed by atoms with Gasteiger partial charge in [-0.3, -0.25) is 4.79 Å². The van der Waals surface area contributed by atoms with E-state index in [1.165, 1.54) is 0 Å². The van der Waals surface area contributed by atoms with Crippen LogP contribution < -0.4 is 5.32 Å². The Kier molecular flexibility index (Phi) is 2.83. The smallest absolute Gasteiger partial charge is 0.243 e. The van der Waals surface area contributed by atoms with E-state index in [2.05, 4.69) is 11.9 Å². The van der Waals surface area contributed by atoms with Crippen molar-refractivity contribution in [2.75, 3.05) is 0 Å². The molecule has 0 bridgehead atoms. The van der Waals surface area contributed by atoms with E-state index >= 15 is 0 Å². The van der Waals surface area contributed by atoms with Gasteiger partial charge in [-0.05, 0) is 18.9 Å². The molecule has 1 aliphatic carbocycles. The van der Waals surface area contributed by atoms with Crippen LogP contribution in [-0.2, 0) is 4.79 Å². The zero-order valence-electron chi connectivity index (χ0n) is 6.73. The third-order valence-electron chi connectivity index (χ3n) is 2.09. The quantitative estimate of drug-likeness (QED) is 0.475. The summed E-state index contributed by atoms with van der Waals surface area (Å²) in [6.07, 6.45) is 0.747. The van der Waals surface area contributed by atoms with Crippen LogP contribution in [-0.4, -0.2) is 34.4 Å². The Morgan fingerprint density at radius 1 is 1.50 bits per heavy atom. The van der Waals surface area contributed by atoms with E-state index in [9.17, 15) is 9.90 Å². The van der Waals surface area contributed by atoms with Crippen LogP contribution in [0.2, 0.25) is 0 Å². The Balaban J connectivity index is 2.43. The minimum absolute atomic E-state index is 0.312. The first-order valence-electron chi connectivity index (χ1n) is 3.94. The van der Waals surface area contributed by atoms with Gasteiger partial charge in [0, 0.05) is 0 Å². The Morgan fingerprint density at radius 3 is 2.58 bits per heavy atom. The maximum absolute atomic E-state index is 10.8. The van der Waals surface area contributed by atoms with Gasteiger partial charge in [-0.25, -0.2) is 0 Å². The third kappa shape index (κ3) is 1.84. The summed E-state index contributed by atoms with van der Waals surface area (Å²) in [7, 11) is 0. The molecule has 0 saturated heterocycles. The molecule has 68 valence electrons. The van der Waals surface area contributed by atoms with Crippen LogP contribution in [0.25, 0.3) is 0 Å². The number of aliphatic hydroxyl groups is 2. The monoisotopic (exact) mass is 171 g/mol. The van der Waals surface area contributed by atoms with Crippen molar-refractivity contribution in [1.29, 1.82) is 0 Å². The summed E-state index contributed by atoms with van der Waals surface area (Å²) < 4.78 is 0. The van der Waals surface area contributed by atoms with Crippen molar-refractivity contribution in [1.82, 2.24) is 5.32 Å². The van der Waals surface area contributed by atoms with Crippen LogP contribution in [0.4, 0.5) is 0 Å². The molecule has 0 aromatic rings. The molecule has 3 atom stereocenters. The highest BCUT2D eigenvalue weighted by Crippen LogP contribution is 2.19. The SMILES string of the molecule is C=CC(=O)N[C@H]1CC[C@H](O)[C@@H]1O. The molecule has 0 unspecified atom stereocenters. The predicted molar refractivity (Wildman–Crippen MR) is 43.4 cm³/mol. The van der Waals surface area contributed by atoms with Crippen LogP contribution in [0.5, 0.6) is 0 Å². The van der Waals surface area contributed by atoms with E-state index in [1.807, 2.05) is 0 Å². The van der Waals surface area contributed by atoms with Gasteiger partial charge in [-0.15, -0.1) is 0 Å². The molecule has 4 heteroatoms. The fourth-order valence-electron chi connectivity index (χ4n) is 1.36. The van der Waals surface area contributed by atoms with Crippen LogP contribution in [0.3, 0.4) is 0 Å². The Hall–Kier alpha value is -0.870. The van der Waals surface area contributed by atoms with Gasteiger partial charge >= 0.3 is 0 Å². The van der Waals surface area contributed by atoms with Crippen molar-refractivity contribution < 1.29 is 15.0 Å². The van der Waals surface area contributed by atoms with Crippen LogP contribution in [0.15, 0.2) is 12.7 Å². The number of nitrogens with one attached hydrogen (secondary N) is 1. The van der Waals surface area contributed by atoms with Gasteiger partial charge < -0.3 is 15.5 Å². The molecule has 0 radical (unpaired) electrons. The van der Waals surface area contributed by atoms with E-state index in [0.717, 1.165) is 6.08 Å². The molecule has 0 heterocycles. The first-order valence-corrected chi connectivity index (χ1v) is 3.94. The van der Waals surface area contributed by atoms with Crippen molar-refractivity contribution >= 4 is 5.91 Å². The lowest BCUT2D eigenvalue weighted by molar-refractivity contribution is -0.118. The number of rotatable bonds is 2. The second kappa shape index (κ2) is 3.69. The average Bonchev–Trinajstić information content (AvgIpc) is 2.36. The number of aliphatic hydroxyl groups excluding tert-OH is 2. The maximum Gasteiger partial charge on any atom is 0.243 e. The van der Waals surface area contributed by atoms with Crippen LogP contribution >= 0.6 is 0 Å². The average molecular weight is 171 g/mol. The number of amides is 1. The van der Waals surface area contributed by atoms with E-state index in [0.29, 0.717) is 12.8 Å². The second-order valence-electron chi connectivity index (χ2n) is 2.95. The van der Waals surface area contributed by atoms with Gasteiger partial charge in [-0.2, -0.15) is 0 Å². The summed E-state index contributed by atoms with van der Waals surface area (Å²) in [6, 6.07) is -0.328. The third-order valence-corrected chi connectivity index (χ3v) is 2.09.